The lowest BCUT2D eigenvalue weighted by Crippen LogP contribution is -2.27. The van der Waals surface area contributed by atoms with E-state index in [1.807, 2.05) is 12.1 Å². The van der Waals surface area contributed by atoms with Crippen LogP contribution in [0.5, 0.6) is 0 Å². The van der Waals surface area contributed by atoms with Crippen LogP contribution in [0.2, 0.25) is 0 Å². The Hall–Kier alpha value is -0.610. The van der Waals surface area contributed by atoms with E-state index >= 15 is 0 Å². The molecule has 0 spiro atoms. The first kappa shape index (κ1) is 11.5. The minimum Gasteiger partial charge on any atom is -0.340 e. The minimum atomic E-state index is -0.0883. The molecular formula is C9H10BrClN2O. The van der Waals surface area contributed by atoms with Crippen LogP contribution in [0.1, 0.15) is 5.56 Å². The molecule has 0 aliphatic carbocycles. The average molecular weight is 278 g/mol. The molecule has 3 nitrogen and oxygen atoms in total. The zero-order valence-electron chi connectivity index (χ0n) is 7.70. The molecule has 0 atom stereocenters. The number of alkyl halides is 1. The third-order valence-corrected chi connectivity index (χ3v) is 2.45. The molecule has 1 amide bonds. The monoisotopic (exact) mass is 276 g/mol. The molecule has 0 aliphatic rings. The van der Waals surface area contributed by atoms with Crippen LogP contribution in [0, 0.1) is 0 Å². The first-order valence-corrected chi connectivity index (χ1v) is 5.36. The van der Waals surface area contributed by atoms with Crippen LogP contribution in [-0.4, -0.2) is 28.7 Å². The van der Waals surface area contributed by atoms with Gasteiger partial charge in [-0.05, 0) is 27.6 Å². The quantitative estimate of drug-likeness (QED) is 0.626. The summed E-state index contributed by atoms with van der Waals surface area (Å²) >= 11 is 8.67. The van der Waals surface area contributed by atoms with Crippen molar-refractivity contribution in [1.82, 2.24) is 9.88 Å². The second kappa shape index (κ2) is 5.32. The van der Waals surface area contributed by atoms with Crippen LogP contribution >= 0.6 is 27.5 Å². The van der Waals surface area contributed by atoms with Gasteiger partial charge >= 0.3 is 0 Å². The van der Waals surface area contributed by atoms with Crippen molar-refractivity contribution in [3.63, 3.8) is 0 Å². The van der Waals surface area contributed by atoms with Crippen LogP contribution in [0.3, 0.4) is 0 Å². The molecule has 0 radical (unpaired) electrons. The number of aromatic nitrogens is 1. The summed E-state index contributed by atoms with van der Waals surface area (Å²) < 4.78 is 0.785. The topological polar surface area (TPSA) is 33.2 Å². The van der Waals surface area contributed by atoms with Gasteiger partial charge in [0.1, 0.15) is 10.5 Å². The Balaban J connectivity index is 2.60. The number of carbonyl (C=O) groups is 1. The van der Waals surface area contributed by atoms with E-state index in [2.05, 4.69) is 20.9 Å². The third kappa shape index (κ3) is 3.27. The molecule has 5 heteroatoms. The fraction of sp³-hybridized carbons (Fsp3) is 0.333. The van der Waals surface area contributed by atoms with Crippen molar-refractivity contribution in [2.75, 3.05) is 12.9 Å². The van der Waals surface area contributed by atoms with Gasteiger partial charge in [0.25, 0.3) is 0 Å². The standard InChI is InChI=1S/C9H10BrClN2O/c1-13(9(14)4-11)6-7-2-3-8(10)12-5-7/h2-3,5H,4,6H2,1H3. The lowest BCUT2D eigenvalue weighted by Gasteiger charge is -2.15. The molecule has 1 rings (SSSR count). The SMILES string of the molecule is CN(Cc1ccc(Br)nc1)C(=O)CCl. The van der Waals surface area contributed by atoms with E-state index in [0.717, 1.165) is 10.2 Å². The predicted molar refractivity (Wildman–Crippen MR) is 59.1 cm³/mol. The molecule has 0 unspecified atom stereocenters. The second-order valence-electron chi connectivity index (χ2n) is 2.87. The van der Waals surface area contributed by atoms with Crippen molar-refractivity contribution in [1.29, 1.82) is 0 Å². The van der Waals surface area contributed by atoms with Crippen LogP contribution in [0.15, 0.2) is 22.9 Å². The number of nitrogens with zero attached hydrogens (tertiary/aromatic N) is 2. The summed E-state index contributed by atoms with van der Waals surface area (Å²) in [5, 5.41) is 0. The zero-order valence-corrected chi connectivity index (χ0v) is 10.0. The highest BCUT2D eigenvalue weighted by molar-refractivity contribution is 9.10. The fourth-order valence-corrected chi connectivity index (χ4v) is 1.40. The smallest absolute Gasteiger partial charge is 0.237 e. The van der Waals surface area contributed by atoms with Gasteiger partial charge < -0.3 is 4.90 Å². The highest BCUT2D eigenvalue weighted by Crippen LogP contribution is 2.08. The van der Waals surface area contributed by atoms with E-state index in [1.54, 1.807) is 18.1 Å². The molecule has 76 valence electrons. The summed E-state index contributed by atoms with van der Waals surface area (Å²) in [6, 6.07) is 3.75. The number of rotatable bonds is 3. The summed E-state index contributed by atoms with van der Waals surface area (Å²) in [5.74, 6) is -0.0740. The molecule has 0 saturated carbocycles. The summed E-state index contributed by atoms with van der Waals surface area (Å²) in [4.78, 5) is 16.8. The molecule has 1 aromatic heterocycles. The maximum absolute atomic E-state index is 11.1. The van der Waals surface area contributed by atoms with Gasteiger partial charge in [0.2, 0.25) is 5.91 Å². The Bertz CT molecular complexity index is 315. The molecular weight excluding hydrogens is 267 g/mol. The van der Waals surface area contributed by atoms with Gasteiger partial charge in [-0.25, -0.2) is 4.98 Å². The fourth-order valence-electron chi connectivity index (χ4n) is 0.964. The Morgan fingerprint density at radius 3 is 2.86 bits per heavy atom. The maximum atomic E-state index is 11.1. The molecule has 0 bridgehead atoms. The number of amides is 1. The molecule has 0 saturated heterocycles. The Morgan fingerprint density at radius 2 is 2.36 bits per heavy atom. The van der Waals surface area contributed by atoms with Gasteiger partial charge in [-0.1, -0.05) is 6.07 Å². The van der Waals surface area contributed by atoms with Crippen molar-refractivity contribution in [3.8, 4) is 0 Å². The van der Waals surface area contributed by atoms with Crippen LogP contribution in [0.4, 0.5) is 0 Å². The molecule has 0 aliphatic heterocycles. The minimum absolute atomic E-state index is 0.0143. The second-order valence-corrected chi connectivity index (χ2v) is 3.95. The molecule has 0 fully saturated rings. The van der Waals surface area contributed by atoms with E-state index in [0.29, 0.717) is 6.54 Å². The van der Waals surface area contributed by atoms with Gasteiger partial charge in [-0.2, -0.15) is 0 Å². The highest BCUT2D eigenvalue weighted by atomic mass is 79.9. The van der Waals surface area contributed by atoms with Gasteiger partial charge in [-0.3, -0.25) is 4.79 Å². The predicted octanol–water partition coefficient (Wildman–Crippen LogP) is 2.04. The van der Waals surface area contributed by atoms with E-state index < -0.39 is 0 Å². The van der Waals surface area contributed by atoms with Crippen LogP contribution in [0.25, 0.3) is 0 Å². The summed E-state index contributed by atoms with van der Waals surface area (Å²) in [6.07, 6.45) is 1.72. The largest absolute Gasteiger partial charge is 0.340 e. The summed E-state index contributed by atoms with van der Waals surface area (Å²) in [7, 11) is 1.72. The number of halogens is 2. The molecule has 14 heavy (non-hydrogen) atoms. The first-order chi connectivity index (χ1) is 6.63. The van der Waals surface area contributed by atoms with Crippen molar-refractivity contribution < 1.29 is 4.79 Å². The van der Waals surface area contributed by atoms with Crippen LogP contribution in [-0.2, 0) is 11.3 Å². The Labute approximate surface area is 96.2 Å². The summed E-state index contributed by atoms with van der Waals surface area (Å²) in [6.45, 7) is 0.534. The van der Waals surface area contributed by atoms with Gasteiger partial charge in [-0.15, -0.1) is 11.6 Å². The lowest BCUT2D eigenvalue weighted by molar-refractivity contribution is -0.127. The highest BCUT2D eigenvalue weighted by Gasteiger charge is 2.07. The third-order valence-electron chi connectivity index (χ3n) is 1.75. The van der Waals surface area contributed by atoms with Crippen molar-refractivity contribution in [2.45, 2.75) is 6.54 Å². The van der Waals surface area contributed by atoms with Gasteiger partial charge in [0.05, 0.1) is 0 Å². The zero-order chi connectivity index (χ0) is 10.6. The molecule has 0 aromatic carbocycles. The van der Waals surface area contributed by atoms with E-state index in [1.165, 1.54) is 0 Å². The van der Waals surface area contributed by atoms with E-state index in [-0.39, 0.29) is 11.8 Å². The normalized spacial score (nSPS) is 9.93. The van der Waals surface area contributed by atoms with Gasteiger partial charge in [0, 0.05) is 19.8 Å². The average Bonchev–Trinajstić information content (AvgIpc) is 2.20. The van der Waals surface area contributed by atoms with Crippen molar-refractivity contribution in [2.24, 2.45) is 0 Å². The van der Waals surface area contributed by atoms with Gasteiger partial charge in [0.15, 0.2) is 0 Å². The molecule has 1 aromatic rings. The number of carbonyl (C=O) groups excluding carboxylic acids is 1. The first-order valence-electron chi connectivity index (χ1n) is 4.04. The Morgan fingerprint density at radius 1 is 1.64 bits per heavy atom. The number of hydrogen-bond acceptors (Lipinski definition) is 2. The number of pyridine rings is 1. The van der Waals surface area contributed by atoms with Crippen LogP contribution < -0.4 is 0 Å². The Kier molecular flexibility index (Phi) is 4.35. The lowest BCUT2D eigenvalue weighted by atomic mass is 10.3. The number of hydrogen-bond donors (Lipinski definition) is 0. The summed E-state index contributed by atoms with van der Waals surface area (Å²) in [5.41, 5.74) is 0.981. The van der Waals surface area contributed by atoms with Crippen molar-refractivity contribution >= 4 is 33.4 Å². The van der Waals surface area contributed by atoms with E-state index in [4.69, 9.17) is 11.6 Å². The van der Waals surface area contributed by atoms with Crippen molar-refractivity contribution in [3.05, 3.63) is 28.5 Å². The molecule has 0 N–H and O–H groups in total. The maximum Gasteiger partial charge on any atom is 0.237 e. The van der Waals surface area contributed by atoms with E-state index in [9.17, 15) is 4.79 Å². The molecule has 1 heterocycles.